The van der Waals surface area contributed by atoms with Gasteiger partial charge < -0.3 is 10.0 Å². The highest BCUT2D eigenvalue weighted by Gasteiger charge is 2.12. The lowest BCUT2D eigenvalue weighted by molar-refractivity contribution is 0.0953. The van der Waals surface area contributed by atoms with Crippen LogP contribution in [0.1, 0.15) is 42.6 Å². The number of hydrogen-bond acceptors (Lipinski definition) is 3. The van der Waals surface area contributed by atoms with Crippen molar-refractivity contribution < 1.29 is 9.90 Å². The first-order chi connectivity index (χ1) is 9.04. The molecule has 1 N–H and O–H groups in total. The zero-order chi connectivity index (χ0) is 14.3. The second-order valence-electron chi connectivity index (χ2n) is 5.25. The molecule has 0 spiro atoms. The highest BCUT2D eigenvalue weighted by atomic mass is 16.3. The van der Waals surface area contributed by atoms with Crippen molar-refractivity contribution >= 4 is 5.78 Å². The summed E-state index contributed by atoms with van der Waals surface area (Å²) in [6.07, 6.45) is 1.30. The molecule has 3 heteroatoms. The fraction of sp³-hybridized carbons (Fsp3) is 0.562. The van der Waals surface area contributed by atoms with Crippen molar-refractivity contribution in [2.75, 3.05) is 19.7 Å². The average Bonchev–Trinajstić information content (AvgIpc) is 2.39. The number of aryl methyl sites for hydroxylation is 1. The molecule has 0 heterocycles. The minimum atomic E-state index is 0.189. The van der Waals surface area contributed by atoms with Gasteiger partial charge in [-0.25, -0.2) is 0 Å². The van der Waals surface area contributed by atoms with Gasteiger partial charge in [0.1, 0.15) is 0 Å². The predicted molar refractivity (Wildman–Crippen MR) is 78.5 cm³/mol. The molecule has 3 nitrogen and oxygen atoms in total. The minimum Gasteiger partial charge on any atom is -0.396 e. The van der Waals surface area contributed by atoms with Crippen LogP contribution in [0.5, 0.6) is 0 Å². The summed E-state index contributed by atoms with van der Waals surface area (Å²) in [6.45, 7) is 8.06. The van der Waals surface area contributed by atoms with E-state index in [1.54, 1.807) is 0 Å². The average molecular weight is 263 g/mol. The summed E-state index contributed by atoms with van der Waals surface area (Å²) in [5, 5.41) is 8.88. The van der Waals surface area contributed by atoms with Crippen LogP contribution in [0.15, 0.2) is 24.3 Å². The smallest absolute Gasteiger partial charge is 0.164 e. The topological polar surface area (TPSA) is 40.5 Å². The van der Waals surface area contributed by atoms with Gasteiger partial charge in [-0.15, -0.1) is 0 Å². The number of benzene rings is 1. The highest BCUT2D eigenvalue weighted by Crippen LogP contribution is 2.08. The maximum atomic E-state index is 12.1. The van der Waals surface area contributed by atoms with Crippen molar-refractivity contribution in [1.29, 1.82) is 0 Å². The summed E-state index contributed by atoms with van der Waals surface area (Å²) < 4.78 is 0. The SMILES string of the molecule is Cc1ccc(C(=O)CCN(CCCO)C(C)C)cc1. The summed E-state index contributed by atoms with van der Waals surface area (Å²) in [7, 11) is 0. The third kappa shape index (κ3) is 5.53. The molecule has 0 bridgehead atoms. The standard InChI is InChI=1S/C16H25NO2/c1-13(2)17(10-4-12-18)11-9-16(19)15-7-5-14(3)6-8-15/h5-8,13,18H,4,9-12H2,1-3H3. The molecular formula is C16H25NO2. The predicted octanol–water partition coefficient (Wildman–Crippen LogP) is 2.66. The Hall–Kier alpha value is -1.19. The normalized spacial score (nSPS) is 11.3. The molecule has 0 amide bonds. The number of nitrogens with zero attached hydrogens (tertiary/aromatic N) is 1. The molecule has 0 radical (unpaired) electrons. The Morgan fingerprint density at radius 1 is 1.21 bits per heavy atom. The summed E-state index contributed by atoms with van der Waals surface area (Å²) in [6, 6.07) is 8.13. The van der Waals surface area contributed by atoms with Crippen LogP contribution in [-0.2, 0) is 0 Å². The molecule has 1 rings (SSSR count). The second-order valence-corrected chi connectivity index (χ2v) is 5.25. The fourth-order valence-electron chi connectivity index (χ4n) is 2.03. The Balaban J connectivity index is 2.49. The van der Waals surface area contributed by atoms with Gasteiger partial charge in [0.15, 0.2) is 5.78 Å². The molecule has 0 aromatic heterocycles. The third-order valence-electron chi connectivity index (χ3n) is 3.33. The summed E-state index contributed by atoms with van der Waals surface area (Å²) in [5.74, 6) is 0.189. The van der Waals surface area contributed by atoms with E-state index in [4.69, 9.17) is 5.11 Å². The molecule has 0 atom stereocenters. The van der Waals surface area contributed by atoms with Gasteiger partial charge in [-0.1, -0.05) is 29.8 Å². The maximum absolute atomic E-state index is 12.1. The molecule has 0 aliphatic heterocycles. The third-order valence-corrected chi connectivity index (χ3v) is 3.33. The monoisotopic (exact) mass is 263 g/mol. The van der Waals surface area contributed by atoms with Gasteiger partial charge in [-0.05, 0) is 27.2 Å². The zero-order valence-corrected chi connectivity index (χ0v) is 12.2. The van der Waals surface area contributed by atoms with Crippen LogP contribution in [0.25, 0.3) is 0 Å². The van der Waals surface area contributed by atoms with Crippen LogP contribution in [0.3, 0.4) is 0 Å². The van der Waals surface area contributed by atoms with Crippen molar-refractivity contribution in [3.05, 3.63) is 35.4 Å². The van der Waals surface area contributed by atoms with Crippen molar-refractivity contribution in [2.24, 2.45) is 0 Å². The van der Waals surface area contributed by atoms with E-state index in [2.05, 4.69) is 18.7 Å². The van der Waals surface area contributed by atoms with Gasteiger partial charge in [0.05, 0.1) is 0 Å². The first kappa shape index (κ1) is 15.9. The summed E-state index contributed by atoms with van der Waals surface area (Å²) in [5.41, 5.74) is 1.96. The molecule has 106 valence electrons. The number of rotatable bonds is 8. The van der Waals surface area contributed by atoms with Crippen LogP contribution >= 0.6 is 0 Å². The Bertz CT molecular complexity index is 384. The summed E-state index contributed by atoms with van der Waals surface area (Å²) >= 11 is 0. The van der Waals surface area contributed by atoms with Crippen LogP contribution in [-0.4, -0.2) is 41.5 Å². The summed E-state index contributed by atoms with van der Waals surface area (Å²) in [4.78, 5) is 14.3. The Kier molecular flexibility index (Phi) is 6.74. The molecule has 0 saturated carbocycles. The van der Waals surface area contributed by atoms with E-state index >= 15 is 0 Å². The van der Waals surface area contributed by atoms with Gasteiger partial charge in [0.25, 0.3) is 0 Å². The molecule has 1 aromatic rings. The van der Waals surface area contributed by atoms with E-state index in [0.717, 1.165) is 25.1 Å². The zero-order valence-electron chi connectivity index (χ0n) is 12.2. The van der Waals surface area contributed by atoms with E-state index in [-0.39, 0.29) is 12.4 Å². The first-order valence-electron chi connectivity index (χ1n) is 6.99. The first-order valence-corrected chi connectivity index (χ1v) is 6.99. The fourth-order valence-corrected chi connectivity index (χ4v) is 2.03. The largest absolute Gasteiger partial charge is 0.396 e. The molecule has 0 unspecified atom stereocenters. The lowest BCUT2D eigenvalue weighted by Gasteiger charge is -2.25. The van der Waals surface area contributed by atoms with Crippen LogP contribution in [0, 0.1) is 6.92 Å². The Morgan fingerprint density at radius 2 is 1.84 bits per heavy atom. The second kappa shape index (κ2) is 8.08. The van der Waals surface area contributed by atoms with Crippen molar-refractivity contribution in [3.8, 4) is 0 Å². The number of Topliss-reactive ketones (excluding diaryl/α,β-unsaturated/α-hetero) is 1. The maximum Gasteiger partial charge on any atom is 0.164 e. The molecule has 0 aliphatic carbocycles. The molecule has 0 fully saturated rings. The van der Waals surface area contributed by atoms with Crippen LogP contribution in [0.2, 0.25) is 0 Å². The number of aliphatic hydroxyl groups excluding tert-OH is 1. The highest BCUT2D eigenvalue weighted by molar-refractivity contribution is 5.96. The molecule has 1 aromatic carbocycles. The van der Waals surface area contributed by atoms with Crippen molar-refractivity contribution in [3.63, 3.8) is 0 Å². The Labute approximate surface area is 116 Å². The van der Waals surface area contributed by atoms with E-state index in [9.17, 15) is 4.79 Å². The molecular weight excluding hydrogens is 238 g/mol. The van der Waals surface area contributed by atoms with Gasteiger partial charge in [-0.3, -0.25) is 4.79 Å². The number of ketones is 1. The van der Waals surface area contributed by atoms with Gasteiger partial charge in [-0.2, -0.15) is 0 Å². The van der Waals surface area contributed by atoms with E-state index in [1.807, 2.05) is 31.2 Å². The molecule has 19 heavy (non-hydrogen) atoms. The Morgan fingerprint density at radius 3 is 2.37 bits per heavy atom. The molecule has 0 saturated heterocycles. The number of hydrogen-bond donors (Lipinski definition) is 1. The lowest BCUT2D eigenvalue weighted by atomic mass is 10.1. The van der Waals surface area contributed by atoms with Crippen molar-refractivity contribution in [2.45, 2.75) is 39.7 Å². The number of aliphatic hydroxyl groups is 1. The van der Waals surface area contributed by atoms with E-state index in [1.165, 1.54) is 5.56 Å². The van der Waals surface area contributed by atoms with E-state index in [0.29, 0.717) is 12.5 Å². The van der Waals surface area contributed by atoms with Gasteiger partial charge in [0.2, 0.25) is 0 Å². The van der Waals surface area contributed by atoms with Gasteiger partial charge in [0, 0.05) is 37.7 Å². The quantitative estimate of drug-likeness (QED) is 0.733. The van der Waals surface area contributed by atoms with Crippen molar-refractivity contribution in [1.82, 2.24) is 4.90 Å². The van der Waals surface area contributed by atoms with Gasteiger partial charge >= 0.3 is 0 Å². The van der Waals surface area contributed by atoms with Crippen LogP contribution in [0.4, 0.5) is 0 Å². The number of carbonyl (C=O) groups excluding carboxylic acids is 1. The van der Waals surface area contributed by atoms with Crippen LogP contribution < -0.4 is 0 Å². The minimum absolute atomic E-state index is 0.189. The lowest BCUT2D eigenvalue weighted by Crippen LogP contribution is -2.34. The van der Waals surface area contributed by atoms with E-state index < -0.39 is 0 Å². The number of carbonyl (C=O) groups is 1. The molecule has 0 aliphatic rings.